The average Bonchev–Trinajstić information content (AvgIpc) is 2.90. The maximum atomic E-state index is 5.45. The molecule has 1 aliphatic rings. The SMILES string of the molecule is CCCN(CCC)C(OC)=C1CC1. The highest BCUT2D eigenvalue weighted by molar-refractivity contribution is 5.20. The number of allylic oxidation sites excluding steroid dienone is 1. The fourth-order valence-electron chi connectivity index (χ4n) is 1.63. The van der Waals surface area contributed by atoms with Crippen LogP contribution in [-0.2, 0) is 4.74 Å². The van der Waals surface area contributed by atoms with E-state index in [2.05, 4.69) is 18.7 Å². The van der Waals surface area contributed by atoms with Crippen LogP contribution >= 0.6 is 0 Å². The first-order valence-electron chi connectivity index (χ1n) is 5.34. The summed E-state index contributed by atoms with van der Waals surface area (Å²) in [6, 6.07) is 0. The van der Waals surface area contributed by atoms with Crippen molar-refractivity contribution in [3.63, 3.8) is 0 Å². The summed E-state index contributed by atoms with van der Waals surface area (Å²) >= 11 is 0. The first-order chi connectivity index (χ1) is 6.33. The molecule has 13 heavy (non-hydrogen) atoms. The van der Waals surface area contributed by atoms with Gasteiger partial charge in [0.25, 0.3) is 0 Å². The van der Waals surface area contributed by atoms with Gasteiger partial charge in [0.1, 0.15) is 0 Å². The van der Waals surface area contributed by atoms with Crippen LogP contribution in [0, 0.1) is 0 Å². The molecule has 1 fully saturated rings. The Balaban J connectivity index is 2.55. The van der Waals surface area contributed by atoms with Gasteiger partial charge in [0.05, 0.1) is 7.11 Å². The molecule has 0 saturated heterocycles. The van der Waals surface area contributed by atoms with Crippen LogP contribution in [0.5, 0.6) is 0 Å². The van der Waals surface area contributed by atoms with Gasteiger partial charge in [0.15, 0.2) is 5.88 Å². The van der Waals surface area contributed by atoms with E-state index in [-0.39, 0.29) is 0 Å². The highest BCUT2D eigenvalue weighted by Gasteiger charge is 2.22. The van der Waals surface area contributed by atoms with Crippen LogP contribution in [0.25, 0.3) is 0 Å². The van der Waals surface area contributed by atoms with Crippen molar-refractivity contribution in [1.82, 2.24) is 4.90 Å². The number of nitrogens with zero attached hydrogens (tertiary/aromatic N) is 1. The Labute approximate surface area is 81.6 Å². The van der Waals surface area contributed by atoms with Gasteiger partial charge in [0.2, 0.25) is 0 Å². The third-order valence-electron chi connectivity index (χ3n) is 2.27. The van der Waals surface area contributed by atoms with Crippen molar-refractivity contribution in [2.24, 2.45) is 0 Å². The Kier molecular flexibility index (Phi) is 4.13. The van der Waals surface area contributed by atoms with Crippen LogP contribution in [0.1, 0.15) is 39.5 Å². The highest BCUT2D eigenvalue weighted by Crippen LogP contribution is 2.33. The van der Waals surface area contributed by atoms with Crippen molar-refractivity contribution in [2.75, 3.05) is 20.2 Å². The molecule has 0 radical (unpaired) electrons. The van der Waals surface area contributed by atoms with Gasteiger partial charge in [-0.25, -0.2) is 0 Å². The Bertz CT molecular complexity index is 175. The van der Waals surface area contributed by atoms with Gasteiger partial charge in [-0.05, 0) is 31.3 Å². The monoisotopic (exact) mass is 183 g/mol. The highest BCUT2D eigenvalue weighted by atomic mass is 16.5. The molecule has 2 heteroatoms. The fraction of sp³-hybridized carbons (Fsp3) is 0.818. The Morgan fingerprint density at radius 2 is 1.77 bits per heavy atom. The zero-order valence-corrected chi connectivity index (χ0v) is 9.10. The van der Waals surface area contributed by atoms with E-state index in [0.717, 1.165) is 19.0 Å². The molecule has 2 nitrogen and oxygen atoms in total. The van der Waals surface area contributed by atoms with Crippen LogP contribution in [0.3, 0.4) is 0 Å². The molecule has 0 bridgehead atoms. The van der Waals surface area contributed by atoms with Crippen molar-refractivity contribution in [3.8, 4) is 0 Å². The van der Waals surface area contributed by atoms with E-state index in [1.165, 1.54) is 31.3 Å². The summed E-state index contributed by atoms with van der Waals surface area (Å²) in [7, 11) is 1.79. The summed E-state index contributed by atoms with van der Waals surface area (Å²) < 4.78 is 5.45. The minimum absolute atomic E-state index is 1.13. The van der Waals surface area contributed by atoms with E-state index >= 15 is 0 Å². The maximum Gasteiger partial charge on any atom is 0.188 e. The van der Waals surface area contributed by atoms with Gasteiger partial charge >= 0.3 is 0 Å². The zero-order valence-electron chi connectivity index (χ0n) is 9.10. The Hall–Kier alpha value is -0.660. The van der Waals surface area contributed by atoms with Gasteiger partial charge < -0.3 is 9.64 Å². The van der Waals surface area contributed by atoms with E-state index in [9.17, 15) is 0 Å². The summed E-state index contributed by atoms with van der Waals surface area (Å²) in [5, 5.41) is 0. The van der Waals surface area contributed by atoms with E-state index < -0.39 is 0 Å². The molecule has 0 aromatic heterocycles. The molecule has 0 atom stereocenters. The lowest BCUT2D eigenvalue weighted by atomic mass is 10.3. The molecule has 0 aliphatic heterocycles. The maximum absolute atomic E-state index is 5.45. The molecule has 0 aromatic rings. The third kappa shape index (κ3) is 2.94. The predicted molar refractivity (Wildman–Crippen MR) is 55.4 cm³/mol. The van der Waals surface area contributed by atoms with Crippen LogP contribution < -0.4 is 0 Å². The van der Waals surface area contributed by atoms with Crippen LogP contribution in [0.15, 0.2) is 11.5 Å². The predicted octanol–water partition coefficient (Wildman–Crippen LogP) is 2.76. The zero-order chi connectivity index (χ0) is 9.68. The molecular formula is C11H21NO. The van der Waals surface area contributed by atoms with Crippen LogP contribution in [-0.4, -0.2) is 25.1 Å². The molecular weight excluding hydrogens is 162 g/mol. The van der Waals surface area contributed by atoms with E-state index in [4.69, 9.17) is 4.74 Å². The van der Waals surface area contributed by atoms with Crippen molar-refractivity contribution in [3.05, 3.63) is 11.5 Å². The molecule has 0 heterocycles. The number of hydrogen-bond donors (Lipinski definition) is 0. The van der Waals surface area contributed by atoms with Gasteiger partial charge in [-0.2, -0.15) is 0 Å². The molecule has 1 rings (SSSR count). The van der Waals surface area contributed by atoms with Gasteiger partial charge in [0, 0.05) is 13.1 Å². The lowest BCUT2D eigenvalue weighted by molar-refractivity contribution is 0.150. The summed E-state index contributed by atoms with van der Waals surface area (Å²) in [6.07, 6.45) is 4.88. The van der Waals surface area contributed by atoms with E-state index in [1.54, 1.807) is 7.11 Å². The molecule has 0 unspecified atom stereocenters. The first kappa shape index (κ1) is 10.4. The van der Waals surface area contributed by atoms with Gasteiger partial charge in [-0.15, -0.1) is 0 Å². The fourth-order valence-corrected chi connectivity index (χ4v) is 1.63. The van der Waals surface area contributed by atoms with Crippen molar-refractivity contribution < 1.29 is 4.74 Å². The molecule has 0 aromatic carbocycles. The average molecular weight is 183 g/mol. The molecule has 1 saturated carbocycles. The van der Waals surface area contributed by atoms with Gasteiger partial charge in [-0.1, -0.05) is 13.8 Å². The molecule has 0 spiro atoms. The standard InChI is InChI=1S/C11H21NO/c1-4-8-12(9-5-2)11(13-3)10-6-7-10/h4-9H2,1-3H3. The molecule has 0 N–H and O–H groups in total. The summed E-state index contributed by atoms with van der Waals surface area (Å²) in [5.74, 6) is 1.16. The first-order valence-corrected chi connectivity index (χ1v) is 5.34. The second-order valence-corrected chi connectivity index (χ2v) is 3.60. The van der Waals surface area contributed by atoms with Crippen molar-refractivity contribution in [1.29, 1.82) is 0 Å². The van der Waals surface area contributed by atoms with E-state index in [0.29, 0.717) is 0 Å². The number of rotatable bonds is 6. The van der Waals surface area contributed by atoms with Gasteiger partial charge in [-0.3, -0.25) is 0 Å². The topological polar surface area (TPSA) is 12.5 Å². The summed E-state index contributed by atoms with van der Waals surface area (Å²) in [4.78, 5) is 2.38. The van der Waals surface area contributed by atoms with E-state index in [1.807, 2.05) is 0 Å². The minimum atomic E-state index is 1.13. The number of methoxy groups -OCH3 is 1. The summed E-state index contributed by atoms with van der Waals surface area (Å²) in [6.45, 7) is 6.68. The quantitative estimate of drug-likeness (QED) is 0.587. The second kappa shape index (κ2) is 5.15. The smallest absolute Gasteiger partial charge is 0.188 e. The van der Waals surface area contributed by atoms with Crippen molar-refractivity contribution in [2.45, 2.75) is 39.5 Å². The van der Waals surface area contributed by atoms with Crippen LogP contribution in [0.2, 0.25) is 0 Å². The molecule has 0 amide bonds. The second-order valence-electron chi connectivity index (χ2n) is 3.60. The normalized spacial score (nSPS) is 14.2. The lowest BCUT2D eigenvalue weighted by Gasteiger charge is -2.25. The van der Waals surface area contributed by atoms with Crippen molar-refractivity contribution >= 4 is 0 Å². The summed E-state index contributed by atoms with van der Waals surface area (Å²) in [5.41, 5.74) is 1.50. The Morgan fingerprint density at radius 3 is 2.08 bits per heavy atom. The van der Waals surface area contributed by atoms with Crippen LogP contribution in [0.4, 0.5) is 0 Å². The number of ether oxygens (including phenoxy) is 1. The Morgan fingerprint density at radius 1 is 1.23 bits per heavy atom. The third-order valence-corrected chi connectivity index (χ3v) is 2.27. The number of hydrogen-bond acceptors (Lipinski definition) is 2. The minimum Gasteiger partial charge on any atom is -0.482 e. The molecule has 76 valence electrons. The lowest BCUT2D eigenvalue weighted by Crippen LogP contribution is -2.25. The molecule has 1 aliphatic carbocycles. The largest absolute Gasteiger partial charge is 0.482 e.